The Morgan fingerprint density at radius 1 is 1.42 bits per heavy atom. The molecular formula is C11H15N5O2S. The monoisotopic (exact) mass is 281 g/mol. The molecule has 0 unspecified atom stereocenters. The van der Waals surface area contributed by atoms with Crippen LogP contribution in [0.3, 0.4) is 0 Å². The van der Waals surface area contributed by atoms with Gasteiger partial charge in [0, 0.05) is 18.2 Å². The molecule has 0 spiro atoms. The number of rotatable bonds is 5. The molecule has 0 radical (unpaired) electrons. The average Bonchev–Trinajstić information content (AvgIpc) is 2.89. The van der Waals surface area contributed by atoms with Gasteiger partial charge in [-0.1, -0.05) is 0 Å². The number of nitrogens with one attached hydrogen (secondary N) is 2. The Morgan fingerprint density at radius 2 is 2.21 bits per heavy atom. The van der Waals surface area contributed by atoms with Gasteiger partial charge in [0.15, 0.2) is 5.65 Å². The van der Waals surface area contributed by atoms with E-state index in [1.807, 2.05) is 0 Å². The zero-order valence-corrected chi connectivity index (χ0v) is 11.4. The molecular weight excluding hydrogens is 266 g/mol. The lowest BCUT2D eigenvalue weighted by molar-refractivity contribution is 0.560. The van der Waals surface area contributed by atoms with Crippen molar-refractivity contribution in [1.29, 1.82) is 0 Å². The van der Waals surface area contributed by atoms with E-state index in [0.717, 1.165) is 18.2 Å². The van der Waals surface area contributed by atoms with Crippen LogP contribution in [0.25, 0.3) is 11.0 Å². The summed E-state index contributed by atoms with van der Waals surface area (Å²) in [5.41, 5.74) is 0.541. The second-order valence-electron chi connectivity index (χ2n) is 5.28. The van der Waals surface area contributed by atoms with Crippen LogP contribution in [0.1, 0.15) is 12.8 Å². The number of fused-ring (bicyclic) bond motifs is 1. The summed E-state index contributed by atoms with van der Waals surface area (Å²) >= 11 is 0. The fourth-order valence-electron chi connectivity index (χ4n) is 2.28. The highest BCUT2D eigenvalue weighted by Gasteiger charge is 2.45. The van der Waals surface area contributed by atoms with Gasteiger partial charge in [-0.25, -0.2) is 18.4 Å². The van der Waals surface area contributed by atoms with Gasteiger partial charge >= 0.3 is 0 Å². The van der Waals surface area contributed by atoms with Crippen LogP contribution in [-0.4, -0.2) is 47.1 Å². The molecule has 1 fully saturated rings. The number of nitrogens with zero attached hydrogens (tertiary/aromatic N) is 3. The van der Waals surface area contributed by atoms with Gasteiger partial charge in [-0.2, -0.15) is 5.10 Å². The summed E-state index contributed by atoms with van der Waals surface area (Å²) < 4.78 is 22.8. The highest BCUT2D eigenvalue weighted by Crippen LogP contribution is 2.46. The molecule has 1 aliphatic carbocycles. The lowest BCUT2D eigenvalue weighted by Crippen LogP contribution is -2.24. The van der Waals surface area contributed by atoms with Crippen molar-refractivity contribution in [2.75, 3.05) is 23.9 Å². The summed E-state index contributed by atoms with van der Waals surface area (Å²) in [6, 6.07) is 0. The summed E-state index contributed by atoms with van der Waals surface area (Å²) in [7, 11) is -2.95. The van der Waals surface area contributed by atoms with Gasteiger partial charge in [-0.3, -0.25) is 5.10 Å². The predicted molar refractivity (Wildman–Crippen MR) is 71.6 cm³/mol. The summed E-state index contributed by atoms with van der Waals surface area (Å²) in [5, 5.41) is 10.7. The lowest BCUT2D eigenvalue weighted by atomic mass is 10.1. The van der Waals surface area contributed by atoms with Crippen molar-refractivity contribution >= 4 is 26.7 Å². The topological polar surface area (TPSA) is 101 Å². The fraction of sp³-hybridized carbons (Fsp3) is 0.545. The van der Waals surface area contributed by atoms with Crippen molar-refractivity contribution in [3.8, 4) is 0 Å². The average molecular weight is 281 g/mol. The quantitative estimate of drug-likeness (QED) is 0.832. The third-order valence-electron chi connectivity index (χ3n) is 3.40. The first-order valence-electron chi connectivity index (χ1n) is 6.03. The maximum atomic E-state index is 11.4. The fourth-order valence-corrected chi connectivity index (χ4v) is 3.79. The number of anilines is 1. The zero-order valence-electron chi connectivity index (χ0n) is 10.5. The van der Waals surface area contributed by atoms with Gasteiger partial charge in [0.2, 0.25) is 0 Å². The molecule has 7 nitrogen and oxygen atoms in total. The molecule has 0 saturated heterocycles. The number of aromatic nitrogens is 4. The molecule has 0 bridgehead atoms. The van der Waals surface area contributed by atoms with Crippen LogP contribution in [0.4, 0.5) is 5.82 Å². The molecule has 19 heavy (non-hydrogen) atoms. The number of aromatic amines is 1. The van der Waals surface area contributed by atoms with Crippen molar-refractivity contribution in [2.24, 2.45) is 5.41 Å². The van der Waals surface area contributed by atoms with E-state index in [-0.39, 0.29) is 11.2 Å². The second kappa shape index (κ2) is 4.16. The normalized spacial score (nSPS) is 17.5. The SMILES string of the molecule is CS(=O)(=O)CC1(CNc2ncnc3[nH]ncc23)CC1. The van der Waals surface area contributed by atoms with Gasteiger partial charge in [0.05, 0.1) is 17.3 Å². The number of hydrogen-bond acceptors (Lipinski definition) is 6. The first-order chi connectivity index (χ1) is 8.98. The zero-order chi connectivity index (χ0) is 13.5. The second-order valence-corrected chi connectivity index (χ2v) is 7.42. The van der Waals surface area contributed by atoms with E-state index >= 15 is 0 Å². The molecule has 0 aromatic carbocycles. The maximum Gasteiger partial charge on any atom is 0.160 e. The number of sulfone groups is 1. The van der Waals surface area contributed by atoms with Gasteiger partial charge in [0.25, 0.3) is 0 Å². The third kappa shape index (κ3) is 2.67. The minimum atomic E-state index is -2.95. The Bertz CT molecular complexity index is 705. The molecule has 0 atom stereocenters. The molecule has 102 valence electrons. The van der Waals surface area contributed by atoms with Gasteiger partial charge in [0.1, 0.15) is 22.0 Å². The van der Waals surface area contributed by atoms with E-state index < -0.39 is 9.84 Å². The van der Waals surface area contributed by atoms with Crippen LogP contribution in [0.5, 0.6) is 0 Å². The molecule has 0 aliphatic heterocycles. The molecule has 1 aliphatic rings. The Morgan fingerprint density at radius 3 is 2.89 bits per heavy atom. The van der Waals surface area contributed by atoms with Crippen LogP contribution in [0.2, 0.25) is 0 Å². The van der Waals surface area contributed by atoms with Crippen LogP contribution in [0, 0.1) is 5.41 Å². The Balaban J connectivity index is 1.75. The molecule has 2 aromatic heterocycles. The van der Waals surface area contributed by atoms with E-state index in [1.165, 1.54) is 12.6 Å². The highest BCUT2D eigenvalue weighted by molar-refractivity contribution is 7.90. The van der Waals surface area contributed by atoms with Crippen LogP contribution in [-0.2, 0) is 9.84 Å². The summed E-state index contributed by atoms with van der Waals surface area (Å²) in [5.74, 6) is 0.922. The minimum absolute atomic E-state index is 0.130. The third-order valence-corrected chi connectivity index (χ3v) is 4.54. The Labute approximate surface area is 110 Å². The minimum Gasteiger partial charge on any atom is -0.369 e. The van der Waals surface area contributed by atoms with Gasteiger partial charge < -0.3 is 5.32 Å². The molecule has 0 amide bonds. The van der Waals surface area contributed by atoms with Crippen molar-refractivity contribution in [2.45, 2.75) is 12.8 Å². The van der Waals surface area contributed by atoms with Crippen molar-refractivity contribution in [3.63, 3.8) is 0 Å². The molecule has 2 heterocycles. The molecule has 1 saturated carbocycles. The largest absolute Gasteiger partial charge is 0.369 e. The van der Waals surface area contributed by atoms with E-state index in [9.17, 15) is 8.42 Å². The summed E-state index contributed by atoms with van der Waals surface area (Å²) in [6.45, 7) is 0.608. The maximum absolute atomic E-state index is 11.4. The van der Waals surface area contributed by atoms with Crippen LogP contribution in [0.15, 0.2) is 12.5 Å². The highest BCUT2D eigenvalue weighted by atomic mass is 32.2. The lowest BCUT2D eigenvalue weighted by Gasteiger charge is -2.15. The van der Waals surface area contributed by atoms with Crippen molar-refractivity contribution in [3.05, 3.63) is 12.5 Å². The first-order valence-corrected chi connectivity index (χ1v) is 8.09. The predicted octanol–water partition coefficient (Wildman–Crippen LogP) is 0.590. The van der Waals surface area contributed by atoms with E-state index in [2.05, 4.69) is 25.5 Å². The van der Waals surface area contributed by atoms with Crippen LogP contribution >= 0.6 is 0 Å². The standard InChI is InChI=1S/C11H15N5O2S/c1-19(17,18)6-11(2-3-11)5-12-9-8-4-15-16-10(8)14-7-13-9/h4,7H,2-3,5-6H2,1H3,(H2,12,13,14,15,16). The number of hydrogen-bond donors (Lipinski definition) is 2. The van der Waals surface area contributed by atoms with Crippen LogP contribution < -0.4 is 5.32 Å². The number of H-pyrrole nitrogens is 1. The Kier molecular flexibility index (Phi) is 2.70. The van der Waals surface area contributed by atoms with E-state index in [0.29, 0.717) is 18.0 Å². The molecule has 3 rings (SSSR count). The first kappa shape index (κ1) is 12.3. The van der Waals surface area contributed by atoms with Gasteiger partial charge in [-0.05, 0) is 12.8 Å². The van der Waals surface area contributed by atoms with E-state index in [1.54, 1.807) is 6.20 Å². The van der Waals surface area contributed by atoms with Gasteiger partial charge in [-0.15, -0.1) is 0 Å². The molecule has 2 aromatic rings. The smallest absolute Gasteiger partial charge is 0.160 e. The summed E-state index contributed by atoms with van der Waals surface area (Å²) in [4.78, 5) is 8.23. The summed E-state index contributed by atoms with van der Waals surface area (Å²) in [6.07, 6.45) is 6.28. The van der Waals surface area contributed by atoms with Crippen molar-refractivity contribution < 1.29 is 8.42 Å². The molecule has 2 N–H and O–H groups in total. The van der Waals surface area contributed by atoms with Crippen molar-refractivity contribution in [1.82, 2.24) is 20.2 Å². The Hall–Kier alpha value is -1.70. The molecule has 8 heteroatoms. The van der Waals surface area contributed by atoms with E-state index in [4.69, 9.17) is 0 Å².